The van der Waals surface area contributed by atoms with Gasteiger partial charge in [-0.25, -0.2) is 0 Å². The lowest BCUT2D eigenvalue weighted by molar-refractivity contribution is -0.110. The van der Waals surface area contributed by atoms with Crippen molar-refractivity contribution in [2.75, 3.05) is 33.8 Å². The molecule has 6 heteroatoms. The maximum atomic E-state index is 11.9. The average molecular weight is 340 g/mol. The summed E-state index contributed by atoms with van der Waals surface area (Å²) in [6.07, 6.45) is 8.75. The fraction of sp³-hybridized carbons (Fsp3) is 0.312. The first-order chi connectivity index (χ1) is 10.6. The molecular weight excluding hydrogens is 320 g/mol. The van der Waals surface area contributed by atoms with Gasteiger partial charge in [-0.1, -0.05) is 6.08 Å². The molecule has 0 aromatic heterocycles. The van der Waals surface area contributed by atoms with Crippen LogP contribution in [0.1, 0.15) is 5.56 Å². The normalized spacial score (nSPS) is 10.4. The van der Waals surface area contributed by atoms with Crippen molar-refractivity contribution in [3.63, 3.8) is 0 Å². The Hall–Kier alpha value is -1.53. The molecule has 0 saturated carbocycles. The number of allylic oxidation sites excluding steroid dienone is 2. The minimum absolute atomic E-state index is 0.0625. The van der Waals surface area contributed by atoms with Gasteiger partial charge in [-0.2, -0.15) is 0 Å². The molecule has 1 aromatic carbocycles. The number of hydrogen-bond donors (Lipinski definition) is 0. The van der Waals surface area contributed by atoms with E-state index in [-0.39, 0.29) is 5.78 Å². The average Bonchev–Trinajstić information content (AvgIpc) is 2.56. The molecule has 0 unspecified atom stereocenters. The zero-order chi connectivity index (χ0) is 16.5. The molecule has 0 fully saturated rings. The molecule has 1 rings (SSSR count). The number of ether oxygens (including phenoxy) is 3. The van der Waals surface area contributed by atoms with Gasteiger partial charge < -0.3 is 14.2 Å². The summed E-state index contributed by atoms with van der Waals surface area (Å²) < 4.78 is 16.8. The van der Waals surface area contributed by atoms with E-state index in [1.165, 1.54) is 6.08 Å². The van der Waals surface area contributed by atoms with Crippen LogP contribution in [0, 0.1) is 0 Å². The zero-order valence-electron chi connectivity index (χ0n) is 13.3. The smallest absolute Gasteiger partial charge is 0.203 e. The highest BCUT2D eigenvalue weighted by molar-refractivity contribution is 8.21. The molecule has 0 aliphatic heterocycles. The number of rotatable bonds is 8. The van der Waals surface area contributed by atoms with Crippen LogP contribution in [0.25, 0.3) is 6.08 Å². The first kappa shape index (κ1) is 18.5. The molecule has 0 atom stereocenters. The van der Waals surface area contributed by atoms with Gasteiger partial charge in [0.05, 0.1) is 21.3 Å². The highest BCUT2D eigenvalue weighted by Gasteiger charge is 2.12. The second kappa shape index (κ2) is 9.48. The van der Waals surface area contributed by atoms with Crippen LogP contribution in [0.3, 0.4) is 0 Å². The molecule has 120 valence electrons. The lowest BCUT2D eigenvalue weighted by Crippen LogP contribution is -1.95. The largest absolute Gasteiger partial charge is 0.493 e. The summed E-state index contributed by atoms with van der Waals surface area (Å²) in [5, 5.41) is 0. The SMILES string of the molecule is COc1cc(/C=C/C(=O)C=C(SC)SC)cc(OC)c1OC. The fourth-order valence-corrected chi connectivity index (χ4v) is 2.88. The lowest BCUT2D eigenvalue weighted by Gasteiger charge is -2.12. The molecule has 22 heavy (non-hydrogen) atoms. The summed E-state index contributed by atoms with van der Waals surface area (Å²) in [6.45, 7) is 0. The molecule has 0 N–H and O–H groups in total. The van der Waals surface area contributed by atoms with E-state index in [0.29, 0.717) is 17.2 Å². The summed E-state index contributed by atoms with van der Waals surface area (Å²) >= 11 is 3.10. The van der Waals surface area contributed by atoms with Crippen molar-refractivity contribution < 1.29 is 19.0 Å². The lowest BCUT2D eigenvalue weighted by atomic mass is 10.1. The van der Waals surface area contributed by atoms with Crippen LogP contribution in [0.15, 0.2) is 28.5 Å². The first-order valence-electron chi connectivity index (χ1n) is 6.41. The van der Waals surface area contributed by atoms with Gasteiger partial charge in [0.25, 0.3) is 0 Å². The molecule has 0 heterocycles. The highest BCUT2D eigenvalue weighted by Crippen LogP contribution is 2.38. The quantitative estimate of drug-likeness (QED) is 0.670. The van der Waals surface area contributed by atoms with Crippen LogP contribution in [0.5, 0.6) is 17.2 Å². The van der Waals surface area contributed by atoms with Gasteiger partial charge in [0.1, 0.15) is 0 Å². The second-order valence-corrected chi connectivity index (χ2v) is 6.02. The Labute approximate surface area is 139 Å². The van der Waals surface area contributed by atoms with Crippen LogP contribution in [0.4, 0.5) is 0 Å². The van der Waals surface area contributed by atoms with E-state index in [1.807, 2.05) is 12.5 Å². The number of ketones is 1. The van der Waals surface area contributed by atoms with Crippen LogP contribution < -0.4 is 14.2 Å². The van der Waals surface area contributed by atoms with Gasteiger partial charge in [-0.15, -0.1) is 23.5 Å². The number of carbonyl (C=O) groups excluding carboxylic acids is 1. The monoisotopic (exact) mass is 340 g/mol. The first-order valence-corrected chi connectivity index (χ1v) is 8.86. The fourth-order valence-electron chi connectivity index (χ4n) is 1.74. The summed E-state index contributed by atoms with van der Waals surface area (Å²) in [5.41, 5.74) is 0.797. The standard InChI is InChI=1S/C16H20O4S2/c1-18-13-8-11(9-14(19-2)16(13)20-3)6-7-12(17)10-15(21-4)22-5/h6-10H,1-5H3/b7-6+. The molecule has 0 spiro atoms. The van der Waals surface area contributed by atoms with Crippen molar-refractivity contribution in [1.82, 2.24) is 0 Å². The minimum atomic E-state index is -0.0625. The van der Waals surface area contributed by atoms with Gasteiger partial charge >= 0.3 is 0 Å². The van der Waals surface area contributed by atoms with Crippen LogP contribution in [0.2, 0.25) is 0 Å². The summed E-state index contributed by atoms with van der Waals surface area (Å²) in [7, 11) is 4.67. The molecule has 0 amide bonds. The summed E-state index contributed by atoms with van der Waals surface area (Å²) in [5.74, 6) is 1.57. The van der Waals surface area contributed by atoms with E-state index in [9.17, 15) is 4.79 Å². The van der Waals surface area contributed by atoms with Crippen molar-refractivity contribution in [2.45, 2.75) is 0 Å². The van der Waals surface area contributed by atoms with E-state index < -0.39 is 0 Å². The van der Waals surface area contributed by atoms with E-state index in [0.717, 1.165) is 9.80 Å². The topological polar surface area (TPSA) is 44.8 Å². The maximum absolute atomic E-state index is 11.9. The molecule has 4 nitrogen and oxygen atoms in total. The molecule has 0 bridgehead atoms. The molecule has 0 radical (unpaired) electrons. The van der Waals surface area contributed by atoms with E-state index in [2.05, 4.69) is 0 Å². The Balaban J connectivity index is 3.05. The molecule has 0 aliphatic carbocycles. The van der Waals surface area contributed by atoms with Crippen molar-refractivity contribution in [2.24, 2.45) is 0 Å². The molecule has 0 aliphatic rings. The van der Waals surface area contributed by atoms with Crippen molar-refractivity contribution in [1.29, 1.82) is 0 Å². The van der Waals surface area contributed by atoms with Crippen LogP contribution in [-0.4, -0.2) is 39.6 Å². The molecule has 1 aromatic rings. The third-order valence-electron chi connectivity index (χ3n) is 2.79. The van der Waals surface area contributed by atoms with E-state index >= 15 is 0 Å². The Morgan fingerprint density at radius 3 is 1.95 bits per heavy atom. The minimum Gasteiger partial charge on any atom is -0.493 e. The van der Waals surface area contributed by atoms with Crippen LogP contribution >= 0.6 is 23.5 Å². The van der Waals surface area contributed by atoms with Gasteiger partial charge in [0.15, 0.2) is 17.3 Å². The van der Waals surface area contributed by atoms with Gasteiger partial charge in [-0.05, 0) is 36.3 Å². The third kappa shape index (κ3) is 5.03. The zero-order valence-corrected chi connectivity index (χ0v) is 15.0. The number of methoxy groups -OCH3 is 3. The van der Waals surface area contributed by atoms with Gasteiger partial charge in [-0.3, -0.25) is 4.79 Å². The number of carbonyl (C=O) groups is 1. The van der Waals surface area contributed by atoms with Crippen LogP contribution in [-0.2, 0) is 4.79 Å². The summed E-state index contributed by atoms with van der Waals surface area (Å²) in [4.78, 5) is 11.9. The number of hydrogen-bond acceptors (Lipinski definition) is 6. The van der Waals surface area contributed by atoms with E-state index in [1.54, 1.807) is 69.1 Å². The highest BCUT2D eigenvalue weighted by atomic mass is 32.2. The van der Waals surface area contributed by atoms with Crippen molar-refractivity contribution >= 4 is 35.4 Å². The van der Waals surface area contributed by atoms with Gasteiger partial charge in [0, 0.05) is 10.3 Å². The van der Waals surface area contributed by atoms with Crippen molar-refractivity contribution in [3.05, 3.63) is 34.1 Å². The number of thioether (sulfide) groups is 2. The Morgan fingerprint density at radius 2 is 1.55 bits per heavy atom. The van der Waals surface area contributed by atoms with E-state index in [4.69, 9.17) is 14.2 Å². The summed E-state index contributed by atoms with van der Waals surface area (Å²) in [6, 6.07) is 3.58. The Bertz CT molecular complexity index is 549. The molecular formula is C16H20O4S2. The van der Waals surface area contributed by atoms with Crippen molar-refractivity contribution in [3.8, 4) is 17.2 Å². The van der Waals surface area contributed by atoms with Gasteiger partial charge in [0.2, 0.25) is 5.75 Å². The molecule has 0 saturated heterocycles. The third-order valence-corrected chi connectivity index (χ3v) is 4.83. The maximum Gasteiger partial charge on any atom is 0.203 e. The second-order valence-electron chi connectivity index (χ2n) is 4.07. The predicted molar refractivity (Wildman–Crippen MR) is 95.3 cm³/mol. The Morgan fingerprint density at radius 1 is 1.00 bits per heavy atom. The number of benzene rings is 1. The Kier molecular flexibility index (Phi) is 7.98. The predicted octanol–water partition coefficient (Wildman–Crippen LogP) is 3.86.